The molecule has 1 saturated heterocycles. The molecule has 0 spiro atoms. The van der Waals surface area contributed by atoms with Crippen molar-refractivity contribution in [1.82, 2.24) is 10.9 Å². The van der Waals surface area contributed by atoms with Gasteiger partial charge >= 0.3 is 0 Å². The Bertz CT molecular complexity index is 577. The number of amides is 2. The number of carbonyl (C=O) groups excluding carboxylic acids is 2. The van der Waals surface area contributed by atoms with Crippen LogP contribution in [0.1, 0.15) is 24.5 Å². The SMILES string of the molecule is Cc1cc(Cl)cc(C)c1OC(C)C(=O)NNC(=O)C1CCOC1. The first-order valence-electron chi connectivity index (χ1n) is 7.49. The number of hydrogen-bond acceptors (Lipinski definition) is 4. The first-order chi connectivity index (χ1) is 10.9. The molecule has 23 heavy (non-hydrogen) atoms. The van der Waals surface area contributed by atoms with Gasteiger partial charge < -0.3 is 9.47 Å². The summed E-state index contributed by atoms with van der Waals surface area (Å²) < 4.78 is 10.8. The molecule has 1 fully saturated rings. The normalized spacial score (nSPS) is 18.3. The summed E-state index contributed by atoms with van der Waals surface area (Å²) in [6, 6.07) is 3.55. The molecule has 6 nitrogen and oxygen atoms in total. The van der Waals surface area contributed by atoms with Gasteiger partial charge in [-0.25, -0.2) is 0 Å². The zero-order valence-electron chi connectivity index (χ0n) is 13.4. The largest absolute Gasteiger partial charge is 0.480 e. The van der Waals surface area contributed by atoms with E-state index in [1.807, 2.05) is 13.8 Å². The third-order valence-corrected chi connectivity index (χ3v) is 3.92. The van der Waals surface area contributed by atoms with Gasteiger partial charge in [0.1, 0.15) is 5.75 Å². The summed E-state index contributed by atoms with van der Waals surface area (Å²) in [7, 11) is 0. The number of benzene rings is 1. The maximum Gasteiger partial charge on any atom is 0.279 e. The van der Waals surface area contributed by atoms with Crippen molar-refractivity contribution in [1.29, 1.82) is 0 Å². The quantitative estimate of drug-likeness (QED) is 0.821. The molecule has 2 unspecified atom stereocenters. The van der Waals surface area contributed by atoms with E-state index in [0.717, 1.165) is 11.1 Å². The lowest BCUT2D eigenvalue weighted by Crippen LogP contribution is -2.49. The van der Waals surface area contributed by atoms with Crippen molar-refractivity contribution in [3.8, 4) is 5.75 Å². The van der Waals surface area contributed by atoms with Gasteiger partial charge in [0.25, 0.3) is 5.91 Å². The minimum Gasteiger partial charge on any atom is -0.480 e. The molecule has 2 N–H and O–H groups in total. The van der Waals surface area contributed by atoms with Gasteiger partial charge in [0.2, 0.25) is 5.91 Å². The first kappa shape index (κ1) is 17.6. The summed E-state index contributed by atoms with van der Waals surface area (Å²) >= 11 is 5.98. The Balaban J connectivity index is 1.89. The first-order valence-corrected chi connectivity index (χ1v) is 7.87. The molecule has 0 aromatic heterocycles. The molecular formula is C16H21ClN2O4. The fourth-order valence-electron chi connectivity index (χ4n) is 2.38. The molecule has 0 radical (unpaired) electrons. The number of carbonyl (C=O) groups is 2. The third-order valence-electron chi connectivity index (χ3n) is 3.70. The average Bonchev–Trinajstić information content (AvgIpc) is 3.02. The molecule has 2 rings (SSSR count). The number of ether oxygens (including phenoxy) is 2. The number of rotatable bonds is 4. The number of hydrogen-bond donors (Lipinski definition) is 2. The summed E-state index contributed by atoms with van der Waals surface area (Å²) in [6.45, 7) is 6.30. The molecule has 1 aromatic rings. The summed E-state index contributed by atoms with van der Waals surface area (Å²) in [6.07, 6.45) is -0.0922. The molecule has 2 atom stereocenters. The van der Waals surface area contributed by atoms with E-state index in [4.69, 9.17) is 21.1 Å². The van der Waals surface area contributed by atoms with E-state index in [1.54, 1.807) is 19.1 Å². The topological polar surface area (TPSA) is 76.7 Å². The van der Waals surface area contributed by atoms with Crippen LogP contribution in [-0.2, 0) is 14.3 Å². The van der Waals surface area contributed by atoms with E-state index in [0.29, 0.717) is 30.4 Å². The highest BCUT2D eigenvalue weighted by atomic mass is 35.5. The molecule has 1 heterocycles. The monoisotopic (exact) mass is 340 g/mol. The lowest BCUT2D eigenvalue weighted by molar-refractivity contribution is -0.134. The molecule has 126 valence electrons. The number of halogens is 1. The van der Waals surface area contributed by atoms with E-state index in [9.17, 15) is 9.59 Å². The molecule has 1 aliphatic heterocycles. The Morgan fingerprint density at radius 2 is 1.96 bits per heavy atom. The van der Waals surface area contributed by atoms with Crippen LogP contribution in [0.15, 0.2) is 12.1 Å². The molecule has 2 amide bonds. The van der Waals surface area contributed by atoms with Crippen molar-refractivity contribution < 1.29 is 19.1 Å². The van der Waals surface area contributed by atoms with Crippen molar-refractivity contribution >= 4 is 23.4 Å². The molecule has 1 aromatic carbocycles. The van der Waals surface area contributed by atoms with Crippen molar-refractivity contribution in [2.75, 3.05) is 13.2 Å². The van der Waals surface area contributed by atoms with Gasteiger partial charge in [-0.05, 0) is 50.5 Å². The lowest BCUT2D eigenvalue weighted by Gasteiger charge is -2.19. The van der Waals surface area contributed by atoms with Crippen molar-refractivity contribution in [3.05, 3.63) is 28.3 Å². The fraction of sp³-hybridized carbons (Fsp3) is 0.500. The van der Waals surface area contributed by atoms with Crippen LogP contribution in [0.25, 0.3) is 0 Å². The van der Waals surface area contributed by atoms with Gasteiger partial charge in [0.05, 0.1) is 12.5 Å². The highest BCUT2D eigenvalue weighted by Crippen LogP contribution is 2.27. The minimum atomic E-state index is -0.756. The van der Waals surface area contributed by atoms with Crippen LogP contribution in [0, 0.1) is 19.8 Å². The second kappa shape index (κ2) is 7.66. The summed E-state index contributed by atoms with van der Waals surface area (Å²) in [5.74, 6) is -0.271. The van der Waals surface area contributed by atoms with E-state index in [-0.39, 0.29) is 11.8 Å². The highest BCUT2D eigenvalue weighted by molar-refractivity contribution is 6.30. The Morgan fingerprint density at radius 1 is 1.30 bits per heavy atom. The van der Waals surface area contributed by atoms with Crippen molar-refractivity contribution in [2.24, 2.45) is 5.92 Å². The van der Waals surface area contributed by atoms with E-state index < -0.39 is 12.0 Å². The van der Waals surface area contributed by atoms with Crippen LogP contribution in [0.2, 0.25) is 5.02 Å². The smallest absolute Gasteiger partial charge is 0.279 e. The van der Waals surface area contributed by atoms with Gasteiger partial charge in [0.15, 0.2) is 6.10 Å². The highest BCUT2D eigenvalue weighted by Gasteiger charge is 2.24. The Hall–Kier alpha value is -1.79. The number of hydrazine groups is 1. The predicted molar refractivity (Wildman–Crippen MR) is 86.2 cm³/mol. The van der Waals surface area contributed by atoms with E-state index >= 15 is 0 Å². The Morgan fingerprint density at radius 3 is 2.52 bits per heavy atom. The van der Waals surface area contributed by atoms with Gasteiger partial charge in [-0.15, -0.1) is 0 Å². The van der Waals surface area contributed by atoms with E-state index in [2.05, 4.69) is 10.9 Å². The number of nitrogens with one attached hydrogen (secondary N) is 2. The van der Waals surface area contributed by atoms with Crippen LogP contribution >= 0.6 is 11.6 Å². The molecule has 0 bridgehead atoms. The van der Waals surface area contributed by atoms with Crippen LogP contribution in [-0.4, -0.2) is 31.1 Å². The maximum absolute atomic E-state index is 12.0. The van der Waals surface area contributed by atoms with Gasteiger partial charge in [-0.2, -0.15) is 0 Å². The predicted octanol–water partition coefficient (Wildman–Crippen LogP) is 1.91. The fourth-order valence-corrected chi connectivity index (χ4v) is 2.71. The van der Waals surface area contributed by atoms with Gasteiger partial charge in [-0.1, -0.05) is 11.6 Å². The van der Waals surface area contributed by atoms with Crippen molar-refractivity contribution in [3.63, 3.8) is 0 Å². The summed E-state index contributed by atoms with van der Waals surface area (Å²) in [5, 5.41) is 0.621. The summed E-state index contributed by atoms with van der Waals surface area (Å²) in [5.41, 5.74) is 6.49. The second-order valence-electron chi connectivity index (χ2n) is 5.67. The standard InChI is InChI=1S/C16H21ClN2O4/c1-9-6-13(17)7-10(2)14(9)23-11(3)15(20)18-19-16(21)12-4-5-22-8-12/h6-7,11-12H,4-5,8H2,1-3H3,(H,18,20)(H,19,21). The molecule has 7 heteroatoms. The van der Waals surface area contributed by atoms with Crippen LogP contribution in [0.3, 0.4) is 0 Å². The third kappa shape index (κ3) is 4.59. The van der Waals surface area contributed by atoms with Crippen LogP contribution in [0.4, 0.5) is 0 Å². The Kier molecular flexibility index (Phi) is 5.85. The zero-order chi connectivity index (χ0) is 17.0. The van der Waals surface area contributed by atoms with Gasteiger partial charge in [-0.3, -0.25) is 20.4 Å². The van der Waals surface area contributed by atoms with Crippen molar-refractivity contribution in [2.45, 2.75) is 33.3 Å². The Labute approximate surface area is 140 Å². The maximum atomic E-state index is 12.0. The number of aryl methyl sites for hydroxylation is 2. The molecular weight excluding hydrogens is 320 g/mol. The average molecular weight is 341 g/mol. The molecule has 0 saturated carbocycles. The molecule has 0 aliphatic carbocycles. The summed E-state index contributed by atoms with van der Waals surface area (Å²) in [4.78, 5) is 23.9. The second-order valence-corrected chi connectivity index (χ2v) is 6.10. The van der Waals surface area contributed by atoms with E-state index in [1.165, 1.54) is 0 Å². The minimum absolute atomic E-state index is 0.215. The lowest BCUT2D eigenvalue weighted by atomic mass is 10.1. The molecule has 1 aliphatic rings. The zero-order valence-corrected chi connectivity index (χ0v) is 14.2. The van der Waals surface area contributed by atoms with Crippen LogP contribution < -0.4 is 15.6 Å². The van der Waals surface area contributed by atoms with Crippen LogP contribution in [0.5, 0.6) is 5.75 Å². The van der Waals surface area contributed by atoms with Gasteiger partial charge in [0, 0.05) is 11.6 Å².